The average molecular weight is 400 g/mol. The van der Waals surface area contributed by atoms with Crippen molar-refractivity contribution in [2.24, 2.45) is 11.5 Å². The summed E-state index contributed by atoms with van der Waals surface area (Å²) in [4.78, 5) is 5.71. The SMILES string of the molecule is NC1=CC(F)=C(c2c(F)cccc2F)N(c2cnccc2[C@@H]2CCC[C@H](N)C2)C1. The van der Waals surface area contributed by atoms with E-state index in [0.717, 1.165) is 49.5 Å². The molecule has 1 aromatic heterocycles. The number of anilines is 1. The number of allylic oxidation sites excluding steroid dienone is 2. The summed E-state index contributed by atoms with van der Waals surface area (Å²) in [5, 5.41) is 0. The van der Waals surface area contributed by atoms with E-state index in [1.165, 1.54) is 11.0 Å². The van der Waals surface area contributed by atoms with Crippen LogP contribution < -0.4 is 16.4 Å². The van der Waals surface area contributed by atoms with Gasteiger partial charge in [-0.1, -0.05) is 12.5 Å². The third kappa shape index (κ3) is 3.74. The molecule has 2 aliphatic rings. The van der Waals surface area contributed by atoms with Crippen molar-refractivity contribution in [3.63, 3.8) is 0 Å². The summed E-state index contributed by atoms with van der Waals surface area (Å²) in [7, 11) is 0. The number of aromatic nitrogens is 1. The zero-order valence-corrected chi connectivity index (χ0v) is 15.9. The fourth-order valence-corrected chi connectivity index (χ4v) is 4.33. The van der Waals surface area contributed by atoms with Gasteiger partial charge in [0.05, 0.1) is 29.7 Å². The summed E-state index contributed by atoms with van der Waals surface area (Å²) in [5.41, 5.74) is 13.3. The van der Waals surface area contributed by atoms with Crippen LogP contribution >= 0.6 is 0 Å². The molecule has 2 heterocycles. The van der Waals surface area contributed by atoms with Gasteiger partial charge in [0.2, 0.25) is 0 Å². The van der Waals surface area contributed by atoms with E-state index >= 15 is 4.39 Å². The normalized spacial score (nSPS) is 22.6. The van der Waals surface area contributed by atoms with Gasteiger partial charge in [-0.25, -0.2) is 13.2 Å². The molecule has 0 amide bonds. The number of rotatable bonds is 3. The van der Waals surface area contributed by atoms with Crippen molar-refractivity contribution in [3.8, 4) is 0 Å². The van der Waals surface area contributed by atoms with Crippen LogP contribution in [0.5, 0.6) is 0 Å². The van der Waals surface area contributed by atoms with E-state index in [4.69, 9.17) is 11.5 Å². The quantitative estimate of drug-likeness (QED) is 0.804. The number of hydrogen-bond acceptors (Lipinski definition) is 4. The Morgan fingerprint density at radius 3 is 2.55 bits per heavy atom. The van der Waals surface area contributed by atoms with Crippen LogP contribution in [-0.4, -0.2) is 17.6 Å². The first-order valence-corrected chi connectivity index (χ1v) is 9.73. The van der Waals surface area contributed by atoms with Crippen molar-refractivity contribution in [3.05, 3.63) is 77.0 Å². The summed E-state index contributed by atoms with van der Waals surface area (Å²) in [5.74, 6) is -2.29. The molecule has 1 saturated carbocycles. The van der Waals surface area contributed by atoms with E-state index in [1.54, 1.807) is 12.4 Å². The predicted octanol–water partition coefficient (Wildman–Crippen LogP) is 4.35. The molecule has 2 aromatic rings. The molecule has 2 atom stereocenters. The highest BCUT2D eigenvalue weighted by Crippen LogP contribution is 2.42. The van der Waals surface area contributed by atoms with Gasteiger partial charge in [0.25, 0.3) is 0 Å². The molecule has 1 fully saturated rings. The van der Waals surface area contributed by atoms with Crippen LogP contribution in [0, 0.1) is 11.6 Å². The minimum atomic E-state index is -0.834. The van der Waals surface area contributed by atoms with Gasteiger partial charge < -0.3 is 16.4 Å². The number of pyridine rings is 1. The lowest BCUT2D eigenvalue weighted by atomic mass is 9.81. The maximum absolute atomic E-state index is 15.0. The van der Waals surface area contributed by atoms with Crippen LogP contribution in [0.2, 0.25) is 0 Å². The molecule has 29 heavy (non-hydrogen) atoms. The van der Waals surface area contributed by atoms with E-state index < -0.39 is 23.0 Å². The Bertz CT molecular complexity index is 966. The second kappa shape index (κ2) is 7.91. The van der Waals surface area contributed by atoms with E-state index in [1.807, 2.05) is 6.07 Å². The van der Waals surface area contributed by atoms with E-state index in [9.17, 15) is 8.78 Å². The minimum Gasteiger partial charge on any atom is -0.400 e. The maximum Gasteiger partial charge on any atom is 0.149 e. The lowest BCUT2D eigenvalue weighted by Crippen LogP contribution is -2.33. The van der Waals surface area contributed by atoms with Crippen LogP contribution in [0.4, 0.5) is 18.9 Å². The summed E-state index contributed by atoms with van der Waals surface area (Å²) in [6, 6.07) is 5.45. The topological polar surface area (TPSA) is 68.2 Å². The molecule has 4 nitrogen and oxygen atoms in total. The number of hydrogen-bond donors (Lipinski definition) is 2. The largest absolute Gasteiger partial charge is 0.400 e. The Hall–Kier alpha value is -2.80. The molecule has 1 aliphatic carbocycles. The second-order valence-electron chi connectivity index (χ2n) is 7.66. The molecule has 4 rings (SSSR count). The van der Waals surface area contributed by atoms with E-state index in [2.05, 4.69) is 4.98 Å². The number of nitrogens with zero attached hydrogens (tertiary/aromatic N) is 2. The van der Waals surface area contributed by atoms with Crippen molar-refractivity contribution in [1.82, 2.24) is 4.98 Å². The Morgan fingerprint density at radius 2 is 1.83 bits per heavy atom. The summed E-state index contributed by atoms with van der Waals surface area (Å²) in [6.45, 7) is 0.105. The Labute approximate surface area is 167 Å². The highest BCUT2D eigenvalue weighted by molar-refractivity contribution is 5.85. The van der Waals surface area contributed by atoms with Gasteiger partial charge in [0.1, 0.15) is 17.5 Å². The molecular formula is C22H23F3N4. The predicted molar refractivity (Wildman–Crippen MR) is 107 cm³/mol. The lowest BCUT2D eigenvalue weighted by molar-refractivity contribution is 0.393. The average Bonchev–Trinajstić information content (AvgIpc) is 2.69. The first-order chi connectivity index (χ1) is 14.0. The molecule has 0 spiro atoms. The van der Waals surface area contributed by atoms with Gasteiger partial charge in [-0.3, -0.25) is 4.98 Å². The molecule has 0 radical (unpaired) electrons. The third-order valence-corrected chi connectivity index (χ3v) is 5.63. The molecule has 7 heteroatoms. The van der Waals surface area contributed by atoms with E-state index in [-0.39, 0.29) is 29.9 Å². The molecule has 0 saturated heterocycles. The Balaban J connectivity index is 1.85. The maximum atomic E-state index is 15.0. The van der Waals surface area contributed by atoms with Crippen molar-refractivity contribution in [2.45, 2.75) is 37.6 Å². The van der Waals surface area contributed by atoms with Gasteiger partial charge in [-0.2, -0.15) is 0 Å². The Kier molecular flexibility index (Phi) is 5.32. The van der Waals surface area contributed by atoms with Crippen molar-refractivity contribution in [2.75, 3.05) is 11.4 Å². The van der Waals surface area contributed by atoms with Gasteiger partial charge in [0.15, 0.2) is 0 Å². The number of benzene rings is 1. The molecular weight excluding hydrogens is 377 g/mol. The molecule has 1 aliphatic heterocycles. The molecule has 4 N–H and O–H groups in total. The van der Waals surface area contributed by atoms with Crippen molar-refractivity contribution >= 4 is 11.4 Å². The Morgan fingerprint density at radius 1 is 1.07 bits per heavy atom. The van der Waals surface area contributed by atoms with Gasteiger partial charge in [-0.15, -0.1) is 0 Å². The first kappa shape index (κ1) is 19.5. The van der Waals surface area contributed by atoms with Gasteiger partial charge >= 0.3 is 0 Å². The summed E-state index contributed by atoms with van der Waals surface area (Å²) < 4.78 is 44.1. The minimum absolute atomic E-state index is 0.0943. The smallest absolute Gasteiger partial charge is 0.149 e. The van der Waals surface area contributed by atoms with Crippen molar-refractivity contribution < 1.29 is 13.2 Å². The zero-order chi connectivity index (χ0) is 20.5. The lowest BCUT2D eigenvalue weighted by Gasteiger charge is -2.35. The van der Waals surface area contributed by atoms with Crippen LogP contribution in [0.25, 0.3) is 5.70 Å². The number of halogens is 3. The van der Waals surface area contributed by atoms with Gasteiger partial charge in [0, 0.05) is 17.9 Å². The second-order valence-corrected chi connectivity index (χ2v) is 7.66. The fraction of sp³-hybridized carbons (Fsp3) is 0.318. The zero-order valence-electron chi connectivity index (χ0n) is 15.9. The van der Waals surface area contributed by atoms with Crippen LogP contribution in [0.1, 0.15) is 42.7 Å². The molecule has 0 bridgehead atoms. The standard InChI is InChI=1S/C22H23F3N4/c23-17-5-2-6-18(24)21(17)22-19(25)10-15(27)12-29(22)20-11-28-8-7-16(20)13-3-1-4-14(26)9-13/h2,5-8,10-11,13-14H,1,3-4,9,12,26-27H2/t13-,14+/m1/s1. The fourth-order valence-electron chi connectivity index (χ4n) is 4.33. The summed E-state index contributed by atoms with van der Waals surface area (Å²) >= 11 is 0. The molecule has 1 aromatic carbocycles. The van der Waals surface area contributed by atoms with Crippen LogP contribution in [0.15, 0.2) is 54.3 Å². The van der Waals surface area contributed by atoms with Gasteiger partial charge in [-0.05, 0) is 55.0 Å². The summed E-state index contributed by atoms with van der Waals surface area (Å²) in [6.07, 6.45) is 8.09. The highest BCUT2D eigenvalue weighted by atomic mass is 19.1. The number of nitrogens with two attached hydrogens (primary N) is 2. The first-order valence-electron chi connectivity index (χ1n) is 9.73. The van der Waals surface area contributed by atoms with Crippen LogP contribution in [0.3, 0.4) is 0 Å². The molecule has 0 unspecified atom stereocenters. The monoisotopic (exact) mass is 400 g/mol. The van der Waals surface area contributed by atoms with Crippen molar-refractivity contribution in [1.29, 1.82) is 0 Å². The van der Waals surface area contributed by atoms with E-state index in [0.29, 0.717) is 5.69 Å². The van der Waals surface area contributed by atoms with Crippen LogP contribution in [-0.2, 0) is 0 Å². The highest BCUT2D eigenvalue weighted by Gasteiger charge is 2.31. The third-order valence-electron chi connectivity index (χ3n) is 5.63. The molecule has 152 valence electrons.